The highest BCUT2D eigenvalue weighted by Crippen LogP contribution is 2.10. The SMILES string of the molecule is CCCCCCCCCn1c(CNC)cnc1C. The van der Waals surface area contributed by atoms with E-state index in [2.05, 4.69) is 28.7 Å². The van der Waals surface area contributed by atoms with Crippen molar-refractivity contribution in [2.45, 2.75) is 71.9 Å². The van der Waals surface area contributed by atoms with Crippen LogP contribution in [0.2, 0.25) is 0 Å². The van der Waals surface area contributed by atoms with Crippen molar-refractivity contribution in [3.05, 3.63) is 17.7 Å². The van der Waals surface area contributed by atoms with E-state index in [-0.39, 0.29) is 0 Å². The first kappa shape index (κ1) is 15.2. The molecule has 1 aromatic heterocycles. The fourth-order valence-electron chi connectivity index (χ4n) is 2.37. The molecule has 1 heterocycles. The second-order valence-electron chi connectivity index (χ2n) is 5.10. The van der Waals surface area contributed by atoms with E-state index in [1.54, 1.807) is 0 Å². The summed E-state index contributed by atoms with van der Waals surface area (Å²) in [6.45, 7) is 6.40. The van der Waals surface area contributed by atoms with Crippen molar-refractivity contribution < 1.29 is 0 Å². The highest BCUT2D eigenvalue weighted by atomic mass is 15.1. The molecule has 1 rings (SSSR count). The van der Waals surface area contributed by atoms with Crippen LogP contribution >= 0.6 is 0 Å². The number of nitrogens with one attached hydrogen (secondary N) is 1. The summed E-state index contributed by atoms with van der Waals surface area (Å²) in [5, 5.41) is 3.20. The molecular formula is C15H29N3. The summed E-state index contributed by atoms with van der Waals surface area (Å²) < 4.78 is 2.35. The lowest BCUT2D eigenvalue weighted by Gasteiger charge is -2.10. The lowest BCUT2D eigenvalue weighted by Crippen LogP contribution is -2.12. The second-order valence-corrected chi connectivity index (χ2v) is 5.10. The van der Waals surface area contributed by atoms with E-state index in [4.69, 9.17) is 0 Å². The highest BCUT2D eigenvalue weighted by molar-refractivity contribution is 5.04. The fourth-order valence-corrected chi connectivity index (χ4v) is 2.37. The largest absolute Gasteiger partial charge is 0.331 e. The molecule has 3 nitrogen and oxygen atoms in total. The van der Waals surface area contributed by atoms with Crippen LogP contribution in [0.1, 0.15) is 63.4 Å². The molecule has 1 aromatic rings. The average Bonchev–Trinajstić information content (AvgIpc) is 2.70. The Morgan fingerprint density at radius 3 is 2.44 bits per heavy atom. The normalized spacial score (nSPS) is 11.1. The van der Waals surface area contributed by atoms with Gasteiger partial charge in [-0.1, -0.05) is 45.4 Å². The zero-order chi connectivity index (χ0) is 13.2. The number of aryl methyl sites for hydroxylation is 1. The summed E-state index contributed by atoms with van der Waals surface area (Å²) in [6, 6.07) is 0. The minimum Gasteiger partial charge on any atom is -0.331 e. The predicted octanol–water partition coefficient (Wildman–Crippen LogP) is 3.66. The van der Waals surface area contributed by atoms with Crippen molar-refractivity contribution >= 4 is 0 Å². The third-order valence-corrected chi connectivity index (χ3v) is 3.48. The van der Waals surface area contributed by atoms with Gasteiger partial charge in [-0.3, -0.25) is 0 Å². The molecule has 3 heteroatoms. The van der Waals surface area contributed by atoms with Crippen molar-refractivity contribution in [3.63, 3.8) is 0 Å². The average molecular weight is 251 g/mol. The first-order valence-electron chi connectivity index (χ1n) is 7.45. The van der Waals surface area contributed by atoms with E-state index < -0.39 is 0 Å². The highest BCUT2D eigenvalue weighted by Gasteiger charge is 2.04. The molecule has 0 aliphatic carbocycles. The molecule has 0 fully saturated rings. The topological polar surface area (TPSA) is 29.9 Å². The predicted molar refractivity (Wildman–Crippen MR) is 77.7 cm³/mol. The number of rotatable bonds is 10. The van der Waals surface area contributed by atoms with E-state index >= 15 is 0 Å². The maximum Gasteiger partial charge on any atom is 0.105 e. The summed E-state index contributed by atoms with van der Waals surface area (Å²) in [5.74, 6) is 1.14. The molecule has 0 saturated carbocycles. The van der Waals surface area contributed by atoms with Gasteiger partial charge in [0.25, 0.3) is 0 Å². The maximum absolute atomic E-state index is 4.40. The molecule has 0 bridgehead atoms. The van der Waals surface area contributed by atoms with Gasteiger partial charge in [-0.25, -0.2) is 4.98 Å². The number of imidazole rings is 1. The van der Waals surface area contributed by atoms with Gasteiger partial charge in [0, 0.05) is 19.3 Å². The zero-order valence-corrected chi connectivity index (χ0v) is 12.3. The molecule has 0 unspecified atom stereocenters. The van der Waals surface area contributed by atoms with E-state index in [0.29, 0.717) is 0 Å². The van der Waals surface area contributed by atoms with Crippen molar-refractivity contribution in [2.24, 2.45) is 0 Å². The van der Waals surface area contributed by atoms with Crippen LogP contribution in [0, 0.1) is 6.92 Å². The molecule has 0 atom stereocenters. The number of hydrogen-bond donors (Lipinski definition) is 1. The Morgan fingerprint density at radius 2 is 1.78 bits per heavy atom. The lowest BCUT2D eigenvalue weighted by atomic mass is 10.1. The minimum absolute atomic E-state index is 0.914. The Morgan fingerprint density at radius 1 is 1.11 bits per heavy atom. The van der Waals surface area contributed by atoms with E-state index in [1.165, 1.54) is 50.6 Å². The summed E-state index contributed by atoms with van der Waals surface area (Å²) in [4.78, 5) is 4.40. The van der Waals surface area contributed by atoms with Crippen LogP contribution in [0.3, 0.4) is 0 Å². The Balaban J connectivity index is 2.20. The monoisotopic (exact) mass is 251 g/mol. The van der Waals surface area contributed by atoms with Gasteiger partial charge in [0.2, 0.25) is 0 Å². The van der Waals surface area contributed by atoms with Gasteiger partial charge in [-0.2, -0.15) is 0 Å². The van der Waals surface area contributed by atoms with Crippen LogP contribution in [0.25, 0.3) is 0 Å². The number of aromatic nitrogens is 2. The van der Waals surface area contributed by atoms with Crippen LogP contribution in [-0.4, -0.2) is 16.6 Å². The molecule has 0 aliphatic rings. The van der Waals surface area contributed by atoms with Crippen molar-refractivity contribution in [3.8, 4) is 0 Å². The Labute approximate surface area is 112 Å². The third kappa shape index (κ3) is 5.21. The number of hydrogen-bond acceptors (Lipinski definition) is 2. The van der Waals surface area contributed by atoms with Gasteiger partial charge in [0.15, 0.2) is 0 Å². The van der Waals surface area contributed by atoms with Gasteiger partial charge in [-0.15, -0.1) is 0 Å². The summed E-state index contributed by atoms with van der Waals surface area (Å²) in [6.07, 6.45) is 11.5. The van der Waals surface area contributed by atoms with E-state index in [0.717, 1.165) is 18.9 Å². The number of unbranched alkanes of at least 4 members (excludes halogenated alkanes) is 6. The van der Waals surface area contributed by atoms with Crippen LogP contribution in [0.15, 0.2) is 6.20 Å². The molecular weight excluding hydrogens is 222 g/mol. The zero-order valence-electron chi connectivity index (χ0n) is 12.3. The standard InChI is InChI=1S/C15H29N3/c1-4-5-6-7-8-9-10-11-18-14(2)17-13-15(18)12-16-3/h13,16H,4-12H2,1-3H3. The maximum atomic E-state index is 4.40. The van der Waals surface area contributed by atoms with Crippen molar-refractivity contribution in [2.75, 3.05) is 7.05 Å². The van der Waals surface area contributed by atoms with Gasteiger partial charge < -0.3 is 9.88 Å². The van der Waals surface area contributed by atoms with Gasteiger partial charge in [0.05, 0.1) is 5.69 Å². The molecule has 1 N–H and O–H groups in total. The summed E-state index contributed by atoms with van der Waals surface area (Å²) >= 11 is 0. The molecule has 18 heavy (non-hydrogen) atoms. The molecule has 0 spiro atoms. The Kier molecular flexibility index (Phi) is 7.74. The molecule has 0 saturated heterocycles. The van der Waals surface area contributed by atoms with Crippen LogP contribution < -0.4 is 5.32 Å². The molecule has 0 amide bonds. The first-order chi connectivity index (χ1) is 8.79. The number of nitrogens with zero attached hydrogens (tertiary/aromatic N) is 2. The molecule has 0 radical (unpaired) electrons. The quantitative estimate of drug-likeness (QED) is 0.643. The van der Waals surface area contributed by atoms with Gasteiger partial charge >= 0.3 is 0 Å². The van der Waals surface area contributed by atoms with Gasteiger partial charge in [-0.05, 0) is 20.4 Å². The first-order valence-corrected chi connectivity index (χ1v) is 7.45. The van der Waals surface area contributed by atoms with Crippen molar-refractivity contribution in [1.29, 1.82) is 0 Å². The van der Waals surface area contributed by atoms with Gasteiger partial charge in [0.1, 0.15) is 5.82 Å². The molecule has 104 valence electrons. The van der Waals surface area contributed by atoms with Crippen LogP contribution in [0.5, 0.6) is 0 Å². The van der Waals surface area contributed by atoms with E-state index in [9.17, 15) is 0 Å². The minimum atomic E-state index is 0.914. The van der Waals surface area contributed by atoms with Crippen molar-refractivity contribution in [1.82, 2.24) is 14.9 Å². The summed E-state index contributed by atoms with van der Waals surface area (Å²) in [5.41, 5.74) is 1.31. The Bertz CT molecular complexity index is 318. The molecule has 0 aliphatic heterocycles. The second kappa shape index (κ2) is 9.15. The smallest absolute Gasteiger partial charge is 0.105 e. The van der Waals surface area contributed by atoms with Crippen LogP contribution in [0.4, 0.5) is 0 Å². The fraction of sp³-hybridized carbons (Fsp3) is 0.800. The van der Waals surface area contributed by atoms with E-state index in [1.807, 2.05) is 13.2 Å². The molecule has 0 aromatic carbocycles. The third-order valence-electron chi connectivity index (χ3n) is 3.48. The van der Waals surface area contributed by atoms with Crippen LogP contribution in [-0.2, 0) is 13.1 Å². The Hall–Kier alpha value is -0.830. The lowest BCUT2D eigenvalue weighted by molar-refractivity contribution is 0.531. The summed E-state index contributed by atoms with van der Waals surface area (Å²) in [7, 11) is 1.99.